The van der Waals surface area contributed by atoms with Crippen molar-refractivity contribution in [2.24, 2.45) is 0 Å². The summed E-state index contributed by atoms with van der Waals surface area (Å²) in [7, 11) is 3.97. The van der Waals surface area contributed by atoms with Gasteiger partial charge in [-0.2, -0.15) is 0 Å². The fraction of sp³-hybridized carbons (Fsp3) is 0.500. The molecule has 1 atom stereocenters. The largest absolute Gasteiger partial charge is 0.318 e. The van der Waals surface area contributed by atoms with Crippen molar-refractivity contribution in [3.8, 4) is 0 Å². The second-order valence-corrected chi connectivity index (χ2v) is 4.74. The Balaban J connectivity index is 2.68. The maximum absolute atomic E-state index is 3.30. The molecule has 1 rings (SSSR count). The Morgan fingerprint density at radius 3 is 2.33 bits per heavy atom. The fourth-order valence-corrected chi connectivity index (χ4v) is 2.22. The zero-order valence-corrected chi connectivity index (χ0v) is 10.5. The van der Waals surface area contributed by atoms with E-state index >= 15 is 0 Å². The Labute approximate surface area is 96.8 Å². The first-order valence-corrected chi connectivity index (χ1v) is 6.35. The molecular formula is C12H20N2S. The molecule has 15 heavy (non-hydrogen) atoms. The van der Waals surface area contributed by atoms with Crippen LogP contribution >= 0.6 is 11.8 Å². The molecule has 0 spiro atoms. The van der Waals surface area contributed by atoms with Gasteiger partial charge in [-0.05, 0) is 37.5 Å². The normalized spacial score (nSPS) is 12.7. The molecule has 3 heteroatoms. The van der Waals surface area contributed by atoms with E-state index in [1.165, 1.54) is 10.5 Å². The summed E-state index contributed by atoms with van der Waals surface area (Å²) in [6.45, 7) is 3.13. The molecule has 2 N–H and O–H groups in total. The standard InChI is InChI=1S/C12H20N2S/c1-4-15-11-7-5-10(6-8-11)12(14-3)9-13-2/h5-8,12-14H,4,9H2,1-3H3/t12-/m0/s1. The van der Waals surface area contributed by atoms with Crippen LogP contribution < -0.4 is 10.6 Å². The third-order valence-electron chi connectivity index (χ3n) is 2.35. The van der Waals surface area contributed by atoms with Gasteiger partial charge in [-0.3, -0.25) is 0 Å². The highest BCUT2D eigenvalue weighted by Crippen LogP contribution is 2.20. The van der Waals surface area contributed by atoms with Crippen LogP contribution in [-0.4, -0.2) is 26.4 Å². The van der Waals surface area contributed by atoms with E-state index in [2.05, 4.69) is 41.8 Å². The maximum atomic E-state index is 3.30. The van der Waals surface area contributed by atoms with Crippen molar-refractivity contribution in [1.82, 2.24) is 10.6 Å². The molecule has 1 aromatic carbocycles. The molecule has 0 amide bonds. The van der Waals surface area contributed by atoms with E-state index in [1.807, 2.05) is 25.9 Å². The van der Waals surface area contributed by atoms with Crippen molar-refractivity contribution in [3.05, 3.63) is 29.8 Å². The van der Waals surface area contributed by atoms with E-state index in [-0.39, 0.29) is 0 Å². The van der Waals surface area contributed by atoms with Crippen LogP contribution in [0.5, 0.6) is 0 Å². The van der Waals surface area contributed by atoms with Crippen LogP contribution in [-0.2, 0) is 0 Å². The number of likely N-dealkylation sites (N-methyl/N-ethyl adjacent to an activating group) is 2. The number of hydrogen-bond acceptors (Lipinski definition) is 3. The fourth-order valence-electron chi connectivity index (χ4n) is 1.55. The van der Waals surface area contributed by atoms with Crippen LogP contribution in [0.1, 0.15) is 18.5 Å². The summed E-state index contributed by atoms with van der Waals surface area (Å²) in [5, 5.41) is 6.49. The third kappa shape index (κ3) is 3.86. The van der Waals surface area contributed by atoms with E-state index in [0.717, 1.165) is 12.3 Å². The van der Waals surface area contributed by atoms with Crippen LogP contribution in [0.15, 0.2) is 29.2 Å². The quantitative estimate of drug-likeness (QED) is 0.725. The van der Waals surface area contributed by atoms with E-state index in [9.17, 15) is 0 Å². The smallest absolute Gasteiger partial charge is 0.0444 e. The summed E-state index contributed by atoms with van der Waals surface area (Å²) in [5.74, 6) is 1.13. The molecule has 0 aliphatic heterocycles. The minimum absolute atomic E-state index is 0.399. The summed E-state index contributed by atoms with van der Waals surface area (Å²) in [5.41, 5.74) is 1.34. The molecular weight excluding hydrogens is 204 g/mol. The Hall–Kier alpha value is -0.510. The first kappa shape index (κ1) is 12.6. The molecule has 2 nitrogen and oxygen atoms in total. The molecule has 1 aromatic rings. The monoisotopic (exact) mass is 224 g/mol. The van der Waals surface area contributed by atoms with Gasteiger partial charge in [0.05, 0.1) is 0 Å². The predicted molar refractivity (Wildman–Crippen MR) is 68.6 cm³/mol. The SMILES string of the molecule is CCSc1ccc([C@H](CNC)NC)cc1. The Morgan fingerprint density at radius 2 is 1.87 bits per heavy atom. The van der Waals surface area contributed by atoms with Gasteiger partial charge in [0.25, 0.3) is 0 Å². The minimum atomic E-state index is 0.399. The van der Waals surface area contributed by atoms with Crippen LogP contribution in [0.4, 0.5) is 0 Å². The van der Waals surface area contributed by atoms with E-state index in [4.69, 9.17) is 0 Å². The van der Waals surface area contributed by atoms with Gasteiger partial charge >= 0.3 is 0 Å². The molecule has 0 fully saturated rings. The number of hydrogen-bond donors (Lipinski definition) is 2. The Morgan fingerprint density at radius 1 is 1.20 bits per heavy atom. The van der Waals surface area contributed by atoms with Crippen molar-refractivity contribution < 1.29 is 0 Å². The van der Waals surface area contributed by atoms with E-state index < -0.39 is 0 Å². The third-order valence-corrected chi connectivity index (χ3v) is 3.24. The van der Waals surface area contributed by atoms with Crippen molar-refractivity contribution in [2.75, 3.05) is 26.4 Å². The number of nitrogens with one attached hydrogen (secondary N) is 2. The molecule has 84 valence electrons. The Kier molecular flexibility index (Phi) is 5.76. The van der Waals surface area contributed by atoms with Crippen LogP contribution in [0.2, 0.25) is 0 Å². The molecule has 0 heterocycles. The zero-order chi connectivity index (χ0) is 11.1. The second kappa shape index (κ2) is 6.88. The van der Waals surface area contributed by atoms with Crippen LogP contribution in [0.3, 0.4) is 0 Å². The first-order chi connectivity index (χ1) is 7.31. The van der Waals surface area contributed by atoms with Crippen molar-refractivity contribution in [3.63, 3.8) is 0 Å². The van der Waals surface area contributed by atoms with E-state index in [1.54, 1.807) is 0 Å². The van der Waals surface area contributed by atoms with Gasteiger partial charge in [0, 0.05) is 17.5 Å². The van der Waals surface area contributed by atoms with Gasteiger partial charge < -0.3 is 10.6 Å². The topological polar surface area (TPSA) is 24.1 Å². The van der Waals surface area contributed by atoms with Crippen molar-refractivity contribution in [2.45, 2.75) is 17.9 Å². The lowest BCUT2D eigenvalue weighted by molar-refractivity contribution is 0.558. The summed E-state index contributed by atoms with van der Waals surface area (Å²) in [4.78, 5) is 1.35. The highest BCUT2D eigenvalue weighted by Gasteiger charge is 2.06. The average molecular weight is 224 g/mol. The highest BCUT2D eigenvalue weighted by molar-refractivity contribution is 7.99. The molecule has 0 bridgehead atoms. The summed E-state index contributed by atoms with van der Waals surface area (Å²) < 4.78 is 0. The maximum Gasteiger partial charge on any atom is 0.0444 e. The molecule has 0 aliphatic carbocycles. The molecule has 0 saturated heterocycles. The number of rotatable bonds is 6. The second-order valence-electron chi connectivity index (χ2n) is 3.40. The number of benzene rings is 1. The lowest BCUT2D eigenvalue weighted by Gasteiger charge is -2.16. The predicted octanol–water partition coefficient (Wildman–Crippen LogP) is 2.28. The summed E-state index contributed by atoms with van der Waals surface area (Å²) in [6, 6.07) is 9.20. The van der Waals surface area contributed by atoms with Gasteiger partial charge in [0.1, 0.15) is 0 Å². The van der Waals surface area contributed by atoms with Gasteiger partial charge in [0.15, 0.2) is 0 Å². The molecule has 0 saturated carbocycles. The summed E-state index contributed by atoms with van der Waals surface area (Å²) >= 11 is 1.88. The molecule has 0 radical (unpaired) electrons. The van der Waals surface area contributed by atoms with Crippen LogP contribution in [0, 0.1) is 0 Å². The minimum Gasteiger partial charge on any atom is -0.318 e. The Bertz CT molecular complexity index is 271. The van der Waals surface area contributed by atoms with Gasteiger partial charge in [-0.25, -0.2) is 0 Å². The molecule has 0 aromatic heterocycles. The summed E-state index contributed by atoms with van der Waals surface area (Å²) in [6.07, 6.45) is 0. The van der Waals surface area contributed by atoms with Crippen molar-refractivity contribution in [1.29, 1.82) is 0 Å². The lowest BCUT2D eigenvalue weighted by Crippen LogP contribution is -2.27. The lowest BCUT2D eigenvalue weighted by atomic mass is 10.1. The van der Waals surface area contributed by atoms with E-state index in [0.29, 0.717) is 6.04 Å². The zero-order valence-electron chi connectivity index (χ0n) is 9.71. The van der Waals surface area contributed by atoms with Gasteiger partial charge in [-0.15, -0.1) is 11.8 Å². The van der Waals surface area contributed by atoms with Gasteiger partial charge in [0.2, 0.25) is 0 Å². The first-order valence-electron chi connectivity index (χ1n) is 5.36. The number of thioether (sulfide) groups is 1. The van der Waals surface area contributed by atoms with Crippen LogP contribution in [0.25, 0.3) is 0 Å². The van der Waals surface area contributed by atoms with Crippen molar-refractivity contribution >= 4 is 11.8 Å². The average Bonchev–Trinajstić information content (AvgIpc) is 2.28. The van der Waals surface area contributed by atoms with Gasteiger partial charge in [-0.1, -0.05) is 19.1 Å². The molecule has 0 unspecified atom stereocenters. The highest BCUT2D eigenvalue weighted by atomic mass is 32.2. The molecule has 0 aliphatic rings.